The van der Waals surface area contributed by atoms with E-state index in [9.17, 15) is 9.90 Å². The molecule has 0 saturated carbocycles. The van der Waals surface area contributed by atoms with Crippen molar-refractivity contribution in [2.75, 3.05) is 14.1 Å². The van der Waals surface area contributed by atoms with E-state index in [-0.39, 0.29) is 0 Å². The quantitative estimate of drug-likeness (QED) is 0.881. The predicted molar refractivity (Wildman–Crippen MR) is 96.0 cm³/mol. The lowest BCUT2D eigenvalue weighted by Gasteiger charge is -2.44. The van der Waals surface area contributed by atoms with Gasteiger partial charge < -0.3 is 10.0 Å². The van der Waals surface area contributed by atoms with Crippen molar-refractivity contribution in [3.05, 3.63) is 30.1 Å². The minimum atomic E-state index is -1.39. The number of hydrogen-bond acceptors (Lipinski definition) is 6. The number of carbonyl (C=O) groups is 1. The first kappa shape index (κ1) is 19.3. The molecule has 138 valence electrons. The third-order valence-electron chi connectivity index (χ3n) is 4.58. The fourth-order valence-corrected chi connectivity index (χ4v) is 3.24. The van der Waals surface area contributed by atoms with Gasteiger partial charge in [0.1, 0.15) is 11.4 Å². The second-order valence-electron chi connectivity index (χ2n) is 7.50. The zero-order valence-corrected chi connectivity index (χ0v) is 16.1. The van der Waals surface area contributed by atoms with Crippen molar-refractivity contribution < 1.29 is 14.7 Å². The van der Waals surface area contributed by atoms with E-state index < -0.39 is 22.8 Å². The molecule has 0 aromatic carbocycles. The highest BCUT2D eigenvalue weighted by molar-refractivity contribution is 5.92. The van der Waals surface area contributed by atoms with E-state index in [0.29, 0.717) is 6.42 Å². The van der Waals surface area contributed by atoms with E-state index in [4.69, 9.17) is 9.83 Å². The Morgan fingerprint density at radius 1 is 1.32 bits per heavy atom. The van der Waals surface area contributed by atoms with E-state index in [2.05, 4.69) is 4.98 Å². The van der Waals surface area contributed by atoms with Crippen LogP contribution in [-0.4, -0.2) is 57.1 Å². The highest BCUT2D eigenvalue weighted by Crippen LogP contribution is 2.46. The molecule has 0 bridgehead atoms. The first-order valence-electron chi connectivity index (χ1n) is 8.40. The van der Waals surface area contributed by atoms with Gasteiger partial charge in [0.2, 0.25) is 0 Å². The standard InChI is InChI=1S/C18H28N4O3/c1-8-18(13-9-11-19-12-10-13)20-14(21(6)7)16(2,3)22(18)25-17(4,5)15(23)24/h9-12H,8H2,1-7H3,(H,23,24). The number of amidine groups is 1. The van der Waals surface area contributed by atoms with Crippen LogP contribution < -0.4 is 0 Å². The van der Waals surface area contributed by atoms with Gasteiger partial charge in [-0.2, -0.15) is 0 Å². The minimum Gasteiger partial charge on any atom is -0.479 e. The molecule has 25 heavy (non-hydrogen) atoms. The molecule has 1 unspecified atom stereocenters. The fraction of sp³-hybridized carbons (Fsp3) is 0.611. The van der Waals surface area contributed by atoms with Gasteiger partial charge in [0.05, 0.1) is 0 Å². The van der Waals surface area contributed by atoms with Crippen LogP contribution in [0.5, 0.6) is 0 Å². The second-order valence-corrected chi connectivity index (χ2v) is 7.50. The van der Waals surface area contributed by atoms with Crippen molar-refractivity contribution in [1.29, 1.82) is 0 Å². The van der Waals surface area contributed by atoms with Crippen LogP contribution in [0.15, 0.2) is 29.5 Å². The number of aliphatic carboxylic acids is 1. The summed E-state index contributed by atoms with van der Waals surface area (Å²) in [6, 6.07) is 3.79. The third-order valence-corrected chi connectivity index (χ3v) is 4.58. The van der Waals surface area contributed by atoms with Crippen molar-refractivity contribution >= 4 is 11.8 Å². The summed E-state index contributed by atoms with van der Waals surface area (Å²) in [6.07, 6.45) is 4.04. The normalized spacial score (nSPS) is 23.4. The van der Waals surface area contributed by atoms with Crippen LogP contribution in [0, 0.1) is 0 Å². The molecule has 0 spiro atoms. The number of pyridine rings is 1. The summed E-state index contributed by atoms with van der Waals surface area (Å²) in [5, 5.41) is 11.3. The molecule has 0 amide bonds. The molecule has 1 aromatic rings. The van der Waals surface area contributed by atoms with Gasteiger partial charge in [-0.3, -0.25) is 9.82 Å². The highest BCUT2D eigenvalue weighted by Gasteiger charge is 2.56. The van der Waals surface area contributed by atoms with E-state index in [1.807, 2.05) is 51.9 Å². The Morgan fingerprint density at radius 2 is 1.88 bits per heavy atom. The van der Waals surface area contributed by atoms with Gasteiger partial charge in [0.15, 0.2) is 11.3 Å². The van der Waals surface area contributed by atoms with Crippen LogP contribution in [0.4, 0.5) is 0 Å². The van der Waals surface area contributed by atoms with Crippen LogP contribution in [0.2, 0.25) is 0 Å². The molecule has 0 fully saturated rings. The molecule has 1 aliphatic rings. The van der Waals surface area contributed by atoms with Gasteiger partial charge >= 0.3 is 5.97 Å². The Balaban J connectivity index is 2.65. The highest BCUT2D eigenvalue weighted by atomic mass is 16.7. The number of carboxylic acids is 1. The monoisotopic (exact) mass is 348 g/mol. The number of nitrogens with zero attached hydrogens (tertiary/aromatic N) is 4. The summed E-state index contributed by atoms with van der Waals surface area (Å²) in [6.45, 7) is 9.09. The molecular weight excluding hydrogens is 320 g/mol. The predicted octanol–water partition coefficient (Wildman–Crippen LogP) is 2.49. The first-order chi connectivity index (χ1) is 11.5. The molecule has 1 atom stereocenters. The summed E-state index contributed by atoms with van der Waals surface area (Å²) in [4.78, 5) is 28.8. The van der Waals surface area contributed by atoms with Crippen molar-refractivity contribution in [1.82, 2.24) is 14.9 Å². The average molecular weight is 348 g/mol. The topological polar surface area (TPSA) is 78.3 Å². The number of likely N-dealkylation sites (N-methyl/N-ethyl adjacent to an activating group) is 1. The maximum atomic E-state index is 11.7. The summed E-state index contributed by atoms with van der Waals surface area (Å²) in [5.41, 5.74) is -1.91. The van der Waals surface area contributed by atoms with Gasteiger partial charge in [0.25, 0.3) is 0 Å². The van der Waals surface area contributed by atoms with Crippen LogP contribution >= 0.6 is 0 Å². The van der Waals surface area contributed by atoms with E-state index in [1.54, 1.807) is 31.3 Å². The maximum absolute atomic E-state index is 11.7. The summed E-state index contributed by atoms with van der Waals surface area (Å²) in [5.74, 6) is -0.200. The molecule has 2 rings (SSSR count). The number of rotatable bonds is 5. The van der Waals surface area contributed by atoms with Crippen LogP contribution in [0.3, 0.4) is 0 Å². The van der Waals surface area contributed by atoms with Crippen LogP contribution in [0.1, 0.15) is 46.6 Å². The van der Waals surface area contributed by atoms with Crippen molar-refractivity contribution in [2.24, 2.45) is 4.99 Å². The number of carboxylic acid groups (broad SMARTS) is 1. The summed E-state index contributed by atoms with van der Waals surface area (Å²) >= 11 is 0. The smallest absolute Gasteiger partial charge is 0.337 e. The van der Waals surface area contributed by atoms with Gasteiger partial charge in [-0.1, -0.05) is 6.92 Å². The zero-order chi connectivity index (χ0) is 19.0. The van der Waals surface area contributed by atoms with Crippen molar-refractivity contribution in [3.63, 3.8) is 0 Å². The Morgan fingerprint density at radius 3 is 2.32 bits per heavy atom. The SMILES string of the molecule is CCC1(c2ccncc2)N=C(N(C)C)C(C)(C)N1OC(C)(C)C(=O)O. The Hall–Kier alpha value is -1.99. The molecule has 1 aliphatic heterocycles. The van der Waals surface area contributed by atoms with Gasteiger partial charge in [-0.15, -0.1) is 5.06 Å². The van der Waals surface area contributed by atoms with Gasteiger partial charge in [-0.05, 0) is 51.8 Å². The Bertz CT molecular complexity index is 670. The van der Waals surface area contributed by atoms with E-state index in [1.165, 1.54) is 0 Å². The molecule has 7 nitrogen and oxygen atoms in total. The Labute approximate surface area is 149 Å². The Kier molecular flexibility index (Phi) is 4.94. The molecule has 0 aliphatic carbocycles. The fourth-order valence-electron chi connectivity index (χ4n) is 3.24. The molecule has 0 saturated heterocycles. The molecule has 1 aromatic heterocycles. The first-order valence-corrected chi connectivity index (χ1v) is 8.40. The van der Waals surface area contributed by atoms with E-state index >= 15 is 0 Å². The number of hydroxylamine groups is 2. The molecular formula is C18H28N4O3. The maximum Gasteiger partial charge on any atom is 0.337 e. The van der Waals surface area contributed by atoms with Crippen molar-refractivity contribution in [2.45, 2.75) is 57.8 Å². The largest absolute Gasteiger partial charge is 0.479 e. The minimum absolute atomic E-state index is 0.616. The summed E-state index contributed by atoms with van der Waals surface area (Å²) in [7, 11) is 3.86. The average Bonchev–Trinajstić information content (AvgIpc) is 2.77. The number of hydrogen-bond donors (Lipinski definition) is 1. The van der Waals surface area contributed by atoms with Crippen LogP contribution in [0.25, 0.3) is 0 Å². The number of aromatic nitrogens is 1. The van der Waals surface area contributed by atoms with Gasteiger partial charge in [-0.25, -0.2) is 9.79 Å². The zero-order valence-electron chi connectivity index (χ0n) is 16.1. The lowest BCUT2D eigenvalue weighted by molar-refractivity contribution is -0.302. The lowest BCUT2D eigenvalue weighted by atomic mass is 9.95. The van der Waals surface area contributed by atoms with Gasteiger partial charge in [0, 0.05) is 26.5 Å². The van der Waals surface area contributed by atoms with Crippen molar-refractivity contribution in [3.8, 4) is 0 Å². The van der Waals surface area contributed by atoms with Crippen LogP contribution in [-0.2, 0) is 15.3 Å². The molecule has 7 heteroatoms. The number of aliphatic imine (C=N–C) groups is 1. The molecule has 1 N–H and O–H groups in total. The van der Waals surface area contributed by atoms with E-state index in [0.717, 1.165) is 11.4 Å². The molecule has 2 heterocycles. The summed E-state index contributed by atoms with van der Waals surface area (Å²) < 4.78 is 0. The molecule has 0 radical (unpaired) electrons. The third kappa shape index (κ3) is 3.14. The lowest BCUT2D eigenvalue weighted by Crippen LogP contribution is -2.58. The second kappa shape index (κ2) is 6.38.